The van der Waals surface area contributed by atoms with Gasteiger partial charge in [0.05, 0.1) is 33.1 Å². The van der Waals surface area contributed by atoms with Crippen LogP contribution in [0.15, 0.2) is 217 Å². The fraction of sp³-hybridized carbons (Fsp3) is 0. The molecule has 6 nitrogen and oxygen atoms in total. The maximum absolute atomic E-state index is 6.61. The standard InChI is InChI=1S/C56H35N5O/c1-3-16-36(17-4-1)55-57-58-56(60(55)39-19-5-2-6-20-39)38-30-31-43-42-23-8-12-27-48(42)61(51(43)35-38)47-26-11-7-22-41(47)37-18-15-21-40(34-37)59-49-28-13-9-25-46(49)53-50(59)33-32-45-44-24-10-14-29-52(44)62-54(45)53/h1-35H. The monoisotopic (exact) mass is 793 g/mol. The number of benzene rings is 9. The third-order valence-electron chi connectivity index (χ3n) is 12.4. The van der Waals surface area contributed by atoms with Crippen molar-refractivity contribution in [2.45, 2.75) is 0 Å². The zero-order valence-corrected chi connectivity index (χ0v) is 33.4. The third kappa shape index (κ3) is 5.10. The van der Waals surface area contributed by atoms with Crippen LogP contribution in [-0.4, -0.2) is 23.9 Å². The summed E-state index contributed by atoms with van der Waals surface area (Å²) in [7, 11) is 0. The predicted molar refractivity (Wildman–Crippen MR) is 254 cm³/mol. The van der Waals surface area contributed by atoms with Crippen molar-refractivity contribution in [3.8, 4) is 51.0 Å². The first-order valence-corrected chi connectivity index (χ1v) is 20.9. The molecule has 0 aliphatic rings. The van der Waals surface area contributed by atoms with Gasteiger partial charge in [-0.2, -0.15) is 0 Å². The molecule has 4 aromatic heterocycles. The molecule has 0 aliphatic heterocycles. The van der Waals surface area contributed by atoms with Gasteiger partial charge >= 0.3 is 0 Å². The number of hydrogen-bond acceptors (Lipinski definition) is 3. The number of fused-ring (bicyclic) bond motifs is 10. The maximum Gasteiger partial charge on any atom is 0.168 e. The first-order valence-electron chi connectivity index (χ1n) is 20.9. The van der Waals surface area contributed by atoms with E-state index in [1.165, 1.54) is 10.8 Å². The molecule has 0 atom stereocenters. The minimum atomic E-state index is 0.779. The summed E-state index contributed by atoms with van der Waals surface area (Å²) < 4.78 is 13.6. The Bertz CT molecular complexity index is 3870. The van der Waals surface area contributed by atoms with Gasteiger partial charge in [0.15, 0.2) is 11.6 Å². The molecule has 0 unspecified atom stereocenters. The molecule has 0 fully saturated rings. The van der Waals surface area contributed by atoms with E-state index in [0.29, 0.717) is 0 Å². The highest BCUT2D eigenvalue weighted by Gasteiger charge is 2.22. The summed E-state index contributed by atoms with van der Waals surface area (Å²) in [5.74, 6) is 1.57. The SMILES string of the molecule is c1ccc(-c2nnc(-c3ccc4c5ccccc5n(-c5ccccc5-c5cccc(-n6c7ccccc7c7c8oc9ccccc9c8ccc76)c5)c4c3)n2-c2ccccc2)cc1. The Morgan fingerprint density at radius 3 is 1.79 bits per heavy atom. The number of aromatic nitrogens is 5. The minimum absolute atomic E-state index is 0.779. The highest BCUT2D eigenvalue weighted by atomic mass is 16.3. The summed E-state index contributed by atoms with van der Waals surface area (Å²) in [6.07, 6.45) is 0. The summed E-state index contributed by atoms with van der Waals surface area (Å²) >= 11 is 0. The molecule has 13 rings (SSSR count). The van der Waals surface area contributed by atoms with Crippen molar-refractivity contribution >= 4 is 65.6 Å². The molecule has 9 aromatic carbocycles. The topological polar surface area (TPSA) is 53.7 Å². The van der Waals surface area contributed by atoms with Crippen LogP contribution in [0, 0.1) is 0 Å². The Hall–Kier alpha value is -8.48. The molecule has 0 bridgehead atoms. The lowest BCUT2D eigenvalue weighted by molar-refractivity contribution is 0.673. The molecule has 6 heteroatoms. The van der Waals surface area contributed by atoms with E-state index in [1.807, 2.05) is 30.3 Å². The normalized spacial score (nSPS) is 11.9. The van der Waals surface area contributed by atoms with E-state index < -0.39 is 0 Å². The van der Waals surface area contributed by atoms with Crippen molar-refractivity contribution in [3.63, 3.8) is 0 Å². The number of para-hydroxylation sites is 5. The van der Waals surface area contributed by atoms with E-state index >= 15 is 0 Å². The van der Waals surface area contributed by atoms with Crippen LogP contribution in [0.2, 0.25) is 0 Å². The molecule has 0 N–H and O–H groups in total. The van der Waals surface area contributed by atoms with Gasteiger partial charge in [0.25, 0.3) is 0 Å². The largest absolute Gasteiger partial charge is 0.455 e. The van der Waals surface area contributed by atoms with Gasteiger partial charge in [-0.1, -0.05) is 146 Å². The third-order valence-corrected chi connectivity index (χ3v) is 12.4. The average molecular weight is 794 g/mol. The Labute approximate surface area is 355 Å². The fourth-order valence-corrected chi connectivity index (χ4v) is 9.67. The minimum Gasteiger partial charge on any atom is -0.455 e. The molecular formula is C56H35N5O. The summed E-state index contributed by atoms with van der Waals surface area (Å²) in [6.45, 7) is 0. The quantitative estimate of drug-likeness (QED) is 0.168. The number of hydrogen-bond donors (Lipinski definition) is 0. The van der Waals surface area contributed by atoms with Crippen molar-refractivity contribution in [3.05, 3.63) is 212 Å². The lowest BCUT2D eigenvalue weighted by atomic mass is 10.0. The van der Waals surface area contributed by atoms with Crippen molar-refractivity contribution in [2.24, 2.45) is 0 Å². The van der Waals surface area contributed by atoms with E-state index in [4.69, 9.17) is 14.6 Å². The molecule has 0 amide bonds. The number of furan rings is 1. The molecule has 4 heterocycles. The van der Waals surface area contributed by atoms with Crippen LogP contribution in [0.3, 0.4) is 0 Å². The van der Waals surface area contributed by atoms with Crippen molar-refractivity contribution in [1.29, 1.82) is 0 Å². The first-order chi connectivity index (χ1) is 30.8. The zero-order valence-electron chi connectivity index (χ0n) is 33.4. The Balaban J connectivity index is 1.01. The summed E-state index contributed by atoms with van der Waals surface area (Å²) in [5, 5.41) is 16.6. The van der Waals surface area contributed by atoms with Crippen LogP contribution in [-0.2, 0) is 0 Å². The Morgan fingerprint density at radius 2 is 0.952 bits per heavy atom. The molecule has 0 saturated carbocycles. The van der Waals surface area contributed by atoms with Crippen molar-refractivity contribution < 1.29 is 4.42 Å². The summed E-state index contributed by atoms with van der Waals surface area (Å²) in [5.41, 5.74) is 13.7. The summed E-state index contributed by atoms with van der Waals surface area (Å²) in [4.78, 5) is 0. The van der Waals surface area contributed by atoms with Gasteiger partial charge in [0, 0.05) is 55.0 Å². The van der Waals surface area contributed by atoms with Gasteiger partial charge in [-0.25, -0.2) is 0 Å². The molecule has 290 valence electrons. The van der Waals surface area contributed by atoms with Crippen LogP contribution in [0.4, 0.5) is 0 Å². The zero-order chi connectivity index (χ0) is 40.7. The highest BCUT2D eigenvalue weighted by Crippen LogP contribution is 2.42. The fourth-order valence-electron chi connectivity index (χ4n) is 9.67. The van der Waals surface area contributed by atoms with Gasteiger partial charge in [-0.05, 0) is 72.3 Å². The van der Waals surface area contributed by atoms with Crippen LogP contribution in [0.1, 0.15) is 0 Å². The van der Waals surface area contributed by atoms with E-state index in [2.05, 4.69) is 196 Å². The number of rotatable bonds is 6. The van der Waals surface area contributed by atoms with Crippen LogP contribution < -0.4 is 0 Å². The molecule has 0 aliphatic carbocycles. The molecule has 0 saturated heterocycles. The highest BCUT2D eigenvalue weighted by molar-refractivity contribution is 6.24. The van der Waals surface area contributed by atoms with E-state index in [-0.39, 0.29) is 0 Å². The van der Waals surface area contributed by atoms with Gasteiger partial charge in [0.2, 0.25) is 0 Å². The Morgan fingerprint density at radius 1 is 0.339 bits per heavy atom. The predicted octanol–water partition coefficient (Wildman–Crippen LogP) is 14.4. The first kappa shape index (κ1) is 34.4. The van der Waals surface area contributed by atoms with Gasteiger partial charge in [-0.3, -0.25) is 4.57 Å². The van der Waals surface area contributed by atoms with Crippen molar-refractivity contribution in [1.82, 2.24) is 23.9 Å². The maximum atomic E-state index is 6.61. The second-order valence-corrected chi connectivity index (χ2v) is 15.8. The second-order valence-electron chi connectivity index (χ2n) is 15.8. The van der Waals surface area contributed by atoms with E-state index in [0.717, 1.165) is 106 Å². The molecular weight excluding hydrogens is 759 g/mol. The van der Waals surface area contributed by atoms with Gasteiger partial charge in [0.1, 0.15) is 11.2 Å². The van der Waals surface area contributed by atoms with Gasteiger partial charge < -0.3 is 13.6 Å². The van der Waals surface area contributed by atoms with E-state index in [9.17, 15) is 0 Å². The lowest BCUT2D eigenvalue weighted by Crippen LogP contribution is -2.01. The smallest absolute Gasteiger partial charge is 0.168 e. The molecule has 0 radical (unpaired) electrons. The van der Waals surface area contributed by atoms with E-state index in [1.54, 1.807) is 0 Å². The summed E-state index contributed by atoms with van der Waals surface area (Å²) in [6, 6.07) is 75.1. The Kier molecular flexibility index (Phi) is 7.50. The average Bonchev–Trinajstić information content (AvgIpc) is 4.11. The van der Waals surface area contributed by atoms with Crippen LogP contribution in [0.5, 0.6) is 0 Å². The second kappa shape index (κ2) is 13.5. The van der Waals surface area contributed by atoms with Crippen LogP contribution >= 0.6 is 0 Å². The van der Waals surface area contributed by atoms with Crippen LogP contribution in [0.25, 0.3) is 117 Å². The lowest BCUT2D eigenvalue weighted by Gasteiger charge is -2.16. The molecule has 13 aromatic rings. The van der Waals surface area contributed by atoms with Crippen molar-refractivity contribution in [2.75, 3.05) is 0 Å². The molecule has 62 heavy (non-hydrogen) atoms. The molecule has 0 spiro atoms. The number of nitrogens with zero attached hydrogens (tertiary/aromatic N) is 5. The van der Waals surface area contributed by atoms with Gasteiger partial charge in [-0.15, -0.1) is 10.2 Å².